The van der Waals surface area contributed by atoms with Crippen LogP contribution < -0.4 is 5.73 Å². The van der Waals surface area contributed by atoms with Crippen molar-refractivity contribution in [2.24, 2.45) is 5.73 Å². The number of rotatable bonds is 4. The Labute approximate surface area is 107 Å². The second-order valence-electron chi connectivity index (χ2n) is 4.48. The summed E-state index contributed by atoms with van der Waals surface area (Å²) in [6.07, 6.45) is 0.941. The second kappa shape index (κ2) is 5.43. The lowest BCUT2D eigenvalue weighted by Crippen LogP contribution is -2.13. The first-order chi connectivity index (χ1) is 8.16. The molecule has 0 amide bonds. The number of aryl methyl sites for hydroxylation is 1. The molecule has 17 heavy (non-hydrogen) atoms. The third kappa shape index (κ3) is 3.14. The number of nitrogens with two attached hydrogens (primary N) is 1. The summed E-state index contributed by atoms with van der Waals surface area (Å²) in [6.45, 7) is 4.23. The summed E-state index contributed by atoms with van der Waals surface area (Å²) in [6, 6.07) is 10.6. The van der Waals surface area contributed by atoms with Crippen LogP contribution in [-0.4, -0.2) is 4.98 Å². The number of aromatic nitrogens is 1. The largest absolute Gasteiger partial charge is 0.322 e. The molecule has 2 aromatic rings. The molecule has 2 atom stereocenters. The molecule has 1 heterocycles. The van der Waals surface area contributed by atoms with Gasteiger partial charge in [0.1, 0.15) is 5.01 Å². The van der Waals surface area contributed by atoms with E-state index in [1.165, 1.54) is 5.56 Å². The maximum absolute atomic E-state index is 6.19. The smallest absolute Gasteiger partial charge is 0.110 e. The molecule has 2 N–H and O–H groups in total. The summed E-state index contributed by atoms with van der Waals surface area (Å²) in [4.78, 5) is 4.45. The third-order valence-electron chi connectivity index (χ3n) is 2.93. The van der Waals surface area contributed by atoms with Crippen LogP contribution in [0.5, 0.6) is 0 Å². The van der Waals surface area contributed by atoms with Crippen molar-refractivity contribution < 1.29 is 0 Å². The van der Waals surface area contributed by atoms with Gasteiger partial charge in [-0.05, 0) is 24.8 Å². The first kappa shape index (κ1) is 12.3. The zero-order chi connectivity index (χ0) is 12.3. The van der Waals surface area contributed by atoms with E-state index in [0.29, 0.717) is 5.92 Å². The maximum atomic E-state index is 6.19. The van der Waals surface area contributed by atoms with Crippen molar-refractivity contribution in [2.75, 3.05) is 0 Å². The van der Waals surface area contributed by atoms with Gasteiger partial charge in [0, 0.05) is 11.1 Å². The highest BCUT2D eigenvalue weighted by atomic mass is 32.1. The summed E-state index contributed by atoms with van der Waals surface area (Å²) >= 11 is 1.66. The predicted octanol–water partition coefficient (Wildman–Crippen LogP) is 3.65. The zero-order valence-electron chi connectivity index (χ0n) is 10.3. The Balaban J connectivity index is 2.02. The quantitative estimate of drug-likeness (QED) is 0.894. The molecule has 0 aliphatic rings. The van der Waals surface area contributed by atoms with Crippen molar-refractivity contribution in [3.05, 3.63) is 52.0 Å². The van der Waals surface area contributed by atoms with Crippen LogP contribution >= 0.6 is 11.3 Å². The SMILES string of the molecule is Cc1csc(C(N)CC(C)c2ccccc2)n1. The Kier molecular flexibility index (Phi) is 3.92. The molecule has 0 fully saturated rings. The normalized spacial score (nSPS) is 14.5. The fraction of sp³-hybridized carbons (Fsp3) is 0.357. The van der Waals surface area contributed by atoms with Crippen LogP contribution in [0.2, 0.25) is 0 Å². The van der Waals surface area contributed by atoms with Gasteiger partial charge in [0.05, 0.1) is 6.04 Å². The van der Waals surface area contributed by atoms with Crippen molar-refractivity contribution in [3.8, 4) is 0 Å². The standard InChI is InChI=1S/C14H18N2S/c1-10(12-6-4-3-5-7-12)8-13(15)14-16-11(2)9-17-14/h3-7,9-10,13H,8,15H2,1-2H3. The number of benzene rings is 1. The summed E-state index contributed by atoms with van der Waals surface area (Å²) in [5, 5.41) is 3.10. The highest BCUT2D eigenvalue weighted by molar-refractivity contribution is 7.09. The summed E-state index contributed by atoms with van der Waals surface area (Å²) < 4.78 is 0. The topological polar surface area (TPSA) is 38.9 Å². The maximum Gasteiger partial charge on any atom is 0.110 e. The molecule has 2 nitrogen and oxygen atoms in total. The molecule has 0 saturated heterocycles. The van der Waals surface area contributed by atoms with Crippen LogP contribution in [0.3, 0.4) is 0 Å². The fourth-order valence-electron chi connectivity index (χ4n) is 1.94. The summed E-state index contributed by atoms with van der Waals surface area (Å²) in [5.74, 6) is 0.468. The van der Waals surface area contributed by atoms with E-state index < -0.39 is 0 Å². The number of thiazole rings is 1. The summed E-state index contributed by atoms with van der Waals surface area (Å²) in [7, 11) is 0. The van der Waals surface area contributed by atoms with Gasteiger partial charge in [0.15, 0.2) is 0 Å². The van der Waals surface area contributed by atoms with Gasteiger partial charge in [-0.3, -0.25) is 0 Å². The van der Waals surface area contributed by atoms with Gasteiger partial charge in [-0.15, -0.1) is 11.3 Å². The van der Waals surface area contributed by atoms with Crippen LogP contribution in [-0.2, 0) is 0 Å². The van der Waals surface area contributed by atoms with Gasteiger partial charge in [-0.1, -0.05) is 37.3 Å². The van der Waals surface area contributed by atoms with Crippen LogP contribution in [0.1, 0.15) is 41.6 Å². The van der Waals surface area contributed by atoms with Crippen LogP contribution in [0, 0.1) is 6.92 Å². The van der Waals surface area contributed by atoms with Gasteiger partial charge in [-0.25, -0.2) is 4.98 Å². The molecule has 0 spiro atoms. The zero-order valence-corrected chi connectivity index (χ0v) is 11.1. The molecule has 1 aromatic heterocycles. The monoisotopic (exact) mass is 246 g/mol. The minimum absolute atomic E-state index is 0.0453. The average molecular weight is 246 g/mol. The van der Waals surface area contributed by atoms with Gasteiger partial charge in [-0.2, -0.15) is 0 Å². The van der Waals surface area contributed by atoms with E-state index in [2.05, 4.69) is 41.6 Å². The van der Waals surface area contributed by atoms with Crippen molar-refractivity contribution in [3.63, 3.8) is 0 Å². The molecule has 0 aliphatic heterocycles. The van der Waals surface area contributed by atoms with E-state index in [0.717, 1.165) is 17.1 Å². The van der Waals surface area contributed by atoms with Gasteiger partial charge < -0.3 is 5.73 Å². The molecule has 90 valence electrons. The molecule has 0 bridgehead atoms. The molecule has 3 heteroatoms. The number of hydrogen-bond donors (Lipinski definition) is 1. The summed E-state index contributed by atoms with van der Waals surface area (Å²) in [5.41, 5.74) is 8.60. The Morgan fingerprint density at radius 1 is 1.29 bits per heavy atom. The van der Waals surface area contributed by atoms with E-state index in [9.17, 15) is 0 Å². The molecule has 2 rings (SSSR count). The molecular weight excluding hydrogens is 228 g/mol. The molecule has 0 saturated carbocycles. The van der Waals surface area contributed by atoms with E-state index in [4.69, 9.17) is 5.73 Å². The Morgan fingerprint density at radius 2 is 2.00 bits per heavy atom. The lowest BCUT2D eigenvalue weighted by atomic mass is 9.94. The van der Waals surface area contributed by atoms with Crippen LogP contribution in [0.15, 0.2) is 35.7 Å². The van der Waals surface area contributed by atoms with Crippen LogP contribution in [0.25, 0.3) is 0 Å². The first-order valence-corrected chi connectivity index (χ1v) is 6.77. The van der Waals surface area contributed by atoms with E-state index in [1.807, 2.05) is 13.0 Å². The van der Waals surface area contributed by atoms with Crippen molar-refractivity contribution in [2.45, 2.75) is 32.2 Å². The van der Waals surface area contributed by atoms with Crippen molar-refractivity contribution in [1.29, 1.82) is 0 Å². The van der Waals surface area contributed by atoms with Gasteiger partial charge in [0.2, 0.25) is 0 Å². The van der Waals surface area contributed by atoms with E-state index in [-0.39, 0.29) is 6.04 Å². The lowest BCUT2D eigenvalue weighted by Gasteiger charge is -2.15. The highest BCUT2D eigenvalue weighted by Crippen LogP contribution is 2.27. The van der Waals surface area contributed by atoms with E-state index in [1.54, 1.807) is 11.3 Å². The van der Waals surface area contributed by atoms with E-state index >= 15 is 0 Å². The number of nitrogens with zero attached hydrogens (tertiary/aromatic N) is 1. The minimum atomic E-state index is 0.0453. The Hall–Kier alpha value is -1.19. The van der Waals surface area contributed by atoms with Gasteiger partial charge >= 0.3 is 0 Å². The van der Waals surface area contributed by atoms with Crippen molar-refractivity contribution >= 4 is 11.3 Å². The molecule has 2 unspecified atom stereocenters. The molecule has 1 aromatic carbocycles. The third-order valence-corrected chi connectivity index (χ3v) is 4.02. The Bertz CT molecular complexity index is 464. The van der Waals surface area contributed by atoms with Crippen LogP contribution in [0.4, 0.5) is 0 Å². The second-order valence-corrected chi connectivity index (χ2v) is 5.37. The molecule has 0 aliphatic carbocycles. The minimum Gasteiger partial charge on any atom is -0.322 e. The average Bonchev–Trinajstić information content (AvgIpc) is 2.77. The molecular formula is C14H18N2S. The highest BCUT2D eigenvalue weighted by Gasteiger charge is 2.15. The predicted molar refractivity (Wildman–Crippen MR) is 73.3 cm³/mol. The Morgan fingerprint density at radius 3 is 2.59 bits per heavy atom. The van der Waals surface area contributed by atoms with Crippen molar-refractivity contribution in [1.82, 2.24) is 4.98 Å². The van der Waals surface area contributed by atoms with Gasteiger partial charge in [0.25, 0.3) is 0 Å². The lowest BCUT2D eigenvalue weighted by molar-refractivity contribution is 0.571. The fourth-order valence-corrected chi connectivity index (χ4v) is 2.75. The number of hydrogen-bond acceptors (Lipinski definition) is 3. The molecule has 0 radical (unpaired) electrons. The first-order valence-electron chi connectivity index (χ1n) is 5.89.